The van der Waals surface area contributed by atoms with Gasteiger partial charge < -0.3 is 10.4 Å². The summed E-state index contributed by atoms with van der Waals surface area (Å²) < 4.78 is 0.949. The monoisotopic (exact) mass is 475 g/mol. The molecule has 0 aliphatic rings. The Balaban J connectivity index is 1.91. The molecule has 0 aliphatic heterocycles. The Bertz CT molecular complexity index is 996. The normalized spacial score (nSPS) is 11.6. The van der Waals surface area contributed by atoms with E-state index < -0.39 is 11.2 Å². The van der Waals surface area contributed by atoms with Crippen LogP contribution in [0.15, 0.2) is 82.2 Å². The Kier molecular flexibility index (Phi) is 6.78. The largest absolute Gasteiger partial charge is 0.478 e. The van der Waals surface area contributed by atoms with E-state index in [0.717, 1.165) is 14.9 Å². The van der Waals surface area contributed by atoms with Gasteiger partial charge in [-0.3, -0.25) is 4.79 Å². The van der Waals surface area contributed by atoms with Crippen molar-refractivity contribution < 1.29 is 14.7 Å². The molecule has 0 aromatic heterocycles. The molecule has 0 aliphatic carbocycles. The number of anilines is 1. The van der Waals surface area contributed by atoms with Crippen molar-refractivity contribution in [1.29, 1.82) is 0 Å². The summed E-state index contributed by atoms with van der Waals surface area (Å²) in [5.41, 5.74) is 0.972. The van der Waals surface area contributed by atoms with Crippen LogP contribution in [0.4, 0.5) is 5.69 Å². The third-order valence-electron chi connectivity index (χ3n) is 3.88. The van der Waals surface area contributed by atoms with Crippen LogP contribution in [0.5, 0.6) is 0 Å². The molecule has 28 heavy (non-hydrogen) atoms. The van der Waals surface area contributed by atoms with Gasteiger partial charge in [0, 0.05) is 14.4 Å². The van der Waals surface area contributed by atoms with Gasteiger partial charge in [0.05, 0.1) is 11.3 Å². The number of carboxylic acids is 1. The molecule has 0 spiro atoms. The number of nitrogens with one attached hydrogen (secondary N) is 1. The van der Waals surface area contributed by atoms with Crippen LogP contribution in [0.2, 0.25) is 5.02 Å². The zero-order valence-electron chi connectivity index (χ0n) is 14.4. The van der Waals surface area contributed by atoms with Crippen molar-refractivity contribution in [3.63, 3.8) is 0 Å². The molecule has 1 unspecified atom stereocenters. The fourth-order valence-electron chi connectivity index (χ4n) is 2.55. The van der Waals surface area contributed by atoms with Gasteiger partial charge in [0.25, 0.3) is 0 Å². The second kappa shape index (κ2) is 9.28. The first kappa shape index (κ1) is 20.5. The number of amides is 1. The number of hydrogen-bond donors (Lipinski definition) is 2. The minimum atomic E-state index is -1.16. The van der Waals surface area contributed by atoms with Crippen molar-refractivity contribution in [1.82, 2.24) is 0 Å². The van der Waals surface area contributed by atoms with Gasteiger partial charge in [-0.05, 0) is 48.0 Å². The van der Waals surface area contributed by atoms with E-state index in [1.165, 1.54) is 23.9 Å². The van der Waals surface area contributed by atoms with E-state index >= 15 is 0 Å². The molecule has 0 radical (unpaired) electrons. The van der Waals surface area contributed by atoms with E-state index in [-0.39, 0.29) is 17.2 Å². The third-order valence-corrected chi connectivity index (χ3v) is 5.91. The van der Waals surface area contributed by atoms with Gasteiger partial charge in [-0.15, -0.1) is 11.8 Å². The molecule has 1 atom stereocenters. The van der Waals surface area contributed by atoms with E-state index in [4.69, 9.17) is 11.6 Å². The molecule has 0 saturated carbocycles. The number of rotatable bonds is 6. The van der Waals surface area contributed by atoms with Crippen molar-refractivity contribution in [3.8, 4) is 0 Å². The van der Waals surface area contributed by atoms with Crippen LogP contribution in [-0.2, 0) is 4.79 Å². The molecule has 0 bridgehead atoms. The SMILES string of the molecule is O=C(O)c1cc(Cl)ccc1NC(=O)C(Sc1ccc(Br)cc1)c1ccccc1. The van der Waals surface area contributed by atoms with Gasteiger partial charge in [0.1, 0.15) is 5.25 Å². The molecule has 0 saturated heterocycles. The molecule has 3 aromatic carbocycles. The number of carboxylic acid groups (broad SMARTS) is 1. The molecule has 1 amide bonds. The Morgan fingerprint density at radius 1 is 1.00 bits per heavy atom. The van der Waals surface area contributed by atoms with Crippen LogP contribution >= 0.6 is 39.3 Å². The predicted octanol–water partition coefficient (Wildman–Crippen LogP) is 6.27. The molecule has 0 fully saturated rings. The molecule has 2 N–H and O–H groups in total. The van der Waals surface area contributed by atoms with E-state index in [1.54, 1.807) is 6.07 Å². The summed E-state index contributed by atoms with van der Waals surface area (Å²) in [6, 6.07) is 21.4. The summed E-state index contributed by atoms with van der Waals surface area (Å²) >= 11 is 10.7. The number of benzene rings is 3. The molecule has 4 nitrogen and oxygen atoms in total. The number of hydrogen-bond acceptors (Lipinski definition) is 3. The van der Waals surface area contributed by atoms with Gasteiger partial charge in [0.2, 0.25) is 5.91 Å². The first-order valence-electron chi connectivity index (χ1n) is 8.25. The minimum Gasteiger partial charge on any atom is -0.478 e. The van der Waals surface area contributed by atoms with E-state index in [0.29, 0.717) is 5.02 Å². The predicted molar refractivity (Wildman–Crippen MR) is 116 cm³/mol. The molecule has 0 heterocycles. The van der Waals surface area contributed by atoms with Gasteiger partial charge in [-0.1, -0.05) is 57.9 Å². The van der Waals surface area contributed by atoms with Crippen LogP contribution in [-0.4, -0.2) is 17.0 Å². The van der Waals surface area contributed by atoms with Crippen LogP contribution < -0.4 is 5.32 Å². The fourth-order valence-corrected chi connectivity index (χ4v) is 4.01. The van der Waals surface area contributed by atoms with Crippen molar-refractivity contribution in [2.24, 2.45) is 0 Å². The maximum atomic E-state index is 13.1. The number of thioether (sulfide) groups is 1. The molecule has 3 rings (SSSR count). The Morgan fingerprint density at radius 2 is 1.68 bits per heavy atom. The number of carbonyl (C=O) groups is 2. The van der Waals surface area contributed by atoms with E-state index in [2.05, 4.69) is 21.2 Å². The maximum absolute atomic E-state index is 13.1. The standard InChI is InChI=1S/C21H15BrClNO3S/c22-14-6-9-16(10-7-14)28-19(13-4-2-1-3-5-13)20(25)24-18-11-8-15(23)12-17(18)21(26)27/h1-12,19H,(H,24,25)(H,26,27). The highest BCUT2D eigenvalue weighted by Gasteiger charge is 2.24. The van der Waals surface area contributed by atoms with Gasteiger partial charge in [-0.2, -0.15) is 0 Å². The van der Waals surface area contributed by atoms with Gasteiger partial charge >= 0.3 is 5.97 Å². The molecular formula is C21H15BrClNO3S. The fraction of sp³-hybridized carbons (Fsp3) is 0.0476. The number of carbonyl (C=O) groups excluding carboxylic acids is 1. The summed E-state index contributed by atoms with van der Waals surface area (Å²) in [6.07, 6.45) is 0. The summed E-state index contributed by atoms with van der Waals surface area (Å²) in [6.45, 7) is 0. The Morgan fingerprint density at radius 3 is 2.32 bits per heavy atom. The lowest BCUT2D eigenvalue weighted by atomic mass is 10.1. The topological polar surface area (TPSA) is 66.4 Å². The van der Waals surface area contributed by atoms with E-state index in [9.17, 15) is 14.7 Å². The van der Waals surface area contributed by atoms with E-state index in [1.807, 2.05) is 54.6 Å². The van der Waals surface area contributed by atoms with Crippen molar-refractivity contribution in [3.05, 3.63) is 93.4 Å². The summed E-state index contributed by atoms with van der Waals surface area (Å²) in [4.78, 5) is 25.5. The van der Waals surface area contributed by atoms with Crippen LogP contribution in [0.25, 0.3) is 0 Å². The lowest BCUT2D eigenvalue weighted by Gasteiger charge is -2.18. The van der Waals surface area contributed by atoms with Crippen LogP contribution in [0.1, 0.15) is 21.2 Å². The second-order valence-electron chi connectivity index (χ2n) is 5.85. The Labute approximate surface area is 180 Å². The molecular weight excluding hydrogens is 462 g/mol. The summed E-state index contributed by atoms with van der Waals surface area (Å²) in [7, 11) is 0. The summed E-state index contributed by atoms with van der Waals surface area (Å²) in [5, 5.41) is 11.9. The van der Waals surface area contributed by atoms with Gasteiger partial charge in [0.15, 0.2) is 0 Å². The molecule has 142 valence electrons. The smallest absolute Gasteiger partial charge is 0.337 e. The summed E-state index contributed by atoms with van der Waals surface area (Å²) in [5.74, 6) is -1.47. The first-order valence-corrected chi connectivity index (χ1v) is 10.3. The highest BCUT2D eigenvalue weighted by atomic mass is 79.9. The Hall–Kier alpha value is -2.28. The average molecular weight is 477 g/mol. The number of halogens is 2. The van der Waals surface area contributed by atoms with Crippen molar-refractivity contribution in [2.75, 3.05) is 5.32 Å². The maximum Gasteiger partial charge on any atom is 0.337 e. The quantitative estimate of drug-likeness (QED) is 0.411. The molecule has 7 heteroatoms. The van der Waals surface area contributed by atoms with Crippen LogP contribution in [0.3, 0.4) is 0 Å². The zero-order valence-corrected chi connectivity index (χ0v) is 17.6. The lowest BCUT2D eigenvalue weighted by molar-refractivity contribution is -0.115. The zero-order chi connectivity index (χ0) is 20.1. The van der Waals surface area contributed by atoms with Gasteiger partial charge in [-0.25, -0.2) is 4.79 Å². The van der Waals surface area contributed by atoms with Crippen LogP contribution in [0, 0.1) is 0 Å². The molecule has 3 aromatic rings. The second-order valence-corrected chi connectivity index (χ2v) is 8.38. The highest BCUT2D eigenvalue weighted by Crippen LogP contribution is 2.37. The van der Waals surface area contributed by atoms with Crippen molar-refractivity contribution >= 4 is 56.9 Å². The third kappa shape index (κ3) is 5.16. The first-order chi connectivity index (χ1) is 13.4. The average Bonchev–Trinajstić information content (AvgIpc) is 2.69. The number of aromatic carboxylic acids is 1. The minimum absolute atomic E-state index is 0.0543. The lowest BCUT2D eigenvalue weighted by Crippen LogP contribution is -2.20. The van der Waals surface area contributed by atoms with Crippen molar-refractivity contribution in [2.45, 2.75) is 10.1 Å². The highest BCUT2D eigenvalue weighted by molar-refractivity contribution is 9.10.